The van der Waals surface area contributed by atoms with Crippen molar-refractivity contribution >= 4 is 38.9 Å². The summed E-state index contributed by atoms with van der Waals surface area (Å²) in [6.07, 6.45) is 3.51. The minimum absolute atomic E-state index is 0.184. The molecule has 4 aromatic rings. The number of aromatic nitrogens is 4. The predicted octanol–water partition coefficient (Wildman–Crippen LogP) is 3.63. The van der Waals surface area contributed by atoms with E-state index in [4.69, 9.17) is 9.72 Å². The number of methoxy groups -OCH3 is 1. The average molecular weight is 481 g/mol. The Morgan fingerprint density at radius 3 is 2.65 bits per heavy atom. The predicted molar refractivity (Wildman–Crippen MR) is 132 cm³/mol. The number of pyridine rings is 1. The van der Waals surface area contributed by atoms with Crippen molar-refractivity contribution in [2.75, 3.05) is 36.1 Å². The van der Waals surface area contributed by atoms with Crippen LogP contribution in [0.25, 0.3) is 10.3 Å². The molecule has 3 aromatic heterocycles. The van der Waals surface area contributed by atoms with Crippen LogP contribution < -0.4 is 26.0 Å². The highest BCUT2D eigenvalue weighted by Gasteiger charge is 2.18. The number of thiazole rings is 1. The van der Waals surface area contributed by atoms with Gasteiger partial charge in [0.25, 0.3) is 0 Å². The first-order chi connectivity index (χ1) is 16.7. The van der Waals surface area contributed by atoms with Gasteiger partial charge in [0.15, 0.2) is 10.6 Å². The monoisotopic (exact) mass is 480 g/mol. The zero-order valence-corrected chi connectivity index (χ0v) is 19.5. The SMILES string of the molecule is COc1nc(NCc2ncccc2F)c2nc(CCNCCC3Nc4ccccc4N3)sc2n1. The highest BCUT2D eigenvalue weighted by atomic mass is 32.1. The van der Waals surface area contributed by atoms with Gasteiger partial charge >= 0.3 is 6.01 Å². The summed E-state index contributed by atoms with van der Waals surface area (Å²) < 4.78 is 19.2. The number of halogens is 1. The molecule has 0 radical (unpaired) electrons. The van der Waals surface area contributed by atoms with Gasteiger partial charge in [0.2, 0.25) is 0 Å². The summed E-state index contributed by atoms with van der Waals surface area (Å²) in [5.41, 5.74) is 3.25. The molecular formula is C23H25FN8OS. The van der Waals surface area contributed by atoms with Crippen LogP contribution in [0.1, 0.15) is 17.1 Å². The van der Waals surface area contributed by atoms with Gasteiger partial charge in [0, 0.05) is 19.2 Å². The fourth-order valence-electron chi connectivity index (χ4n) is 3.74. The lowest BCUT2D eigenvalue weighted by Crippen LogP contribution is -2.28. The van der Waals surface area contributed by atoms with Crippen molar-refractivity contribution in [3.05, 3.63) is 59.1 Å². The van der Waals surface area contributed by atoms with Crippen molar-refractivity contribution < 1.29 is 9.13 Å². The van der Waals surface area contributed by atoms with Crippen LogP contribution in [0.4, 0.5) is 21.6 Å². The summed E-state index contributed by atoms with van der Waals surface area (Å²) in [5, 5.41) is 14.5. The van der Waals surface area contributed by atoms with Crippen molar-refractivity contribution in [1.82, 2.24) is 25.3 Å². The van der Waals surface area contributed by atoms with Crippen LogP contribution in [0.2, 0.25) is 0 Å². The first kappa shape index (κ1) is 22.2. The molecule has 176 valence electrons. The topological polar surface area (TPSA) is 109 Å². The lowest BCUT2D eigenvalue weighted by Gasteiger charge is -2.12. The molecule has 4 N–H and O–H groups in total. The van der Waals surface area contributed by atoms with Crippen LogP contribution in [0, 0.1) is 5.82 Å². The van der Waals surface area contributed by atoms with E-state index < -0.39 is 0 Å². The first-order valence-electron chi connectivity index (χ1n) is 11.1. The van der Waals surface area contributed by atoms with Crippen LogP contribution in [0.3, 0.4) is 0 Å². The van der Waals surface area contributed by atoms with E-state index in [2.05, 4.69) is 48.4 Å². The van der Waals surface area contributed by atoms with Crippen molar-refractivity contribution in [2.45, 2.75) is 25.6 Å². The van der Waals surface area contributed by atoms with Gasteiger partial charge in [-0.15, -0.1) is 0 Å². The van der Waals surface area contributed by atoms with Gasteiger partial charge in [-0.2, -0.15) is 9.97 Å². The van der Waals surface area contributed by atoms with Gasteiger partial charge in [-0.1, -0.05) is 23.5 Å². The summed E-state index contributed by atoms with van der Waals surface area (Å²) in [6.45, 7) is 1.86. The molecule has 0 aliphatic carbocycles. The Kier molecular flexibility index (Phi) is 6.63. The molecule has 0 bridgehead atoms. The maximum absolute atomic E-state index is 13.9. The second-order valence-corrected chi connectivity index (χ2v) is 8.84. The molecule has 1 aliphatic heterocycles. The molecule has 0 atom stereocenters. The van der Waals surface area contributed by atoms with Crippen molar-refractivity contribution in [1.29, 1.82) is 0 Å². The van der Waals surface area contributed by atoms with E-state index in [1.807, 2.05) is 12.1 Å². The van der Waals surface area contributed by atoms with E-state index in [0.717, 1.165) is 47.1 Å². The van der Waals surface area contributed by atoms with Crippen LogP contribution in [0.5, 0.6) is 6.01 Å². The van der Waals surface area contributed by atoms with Gasteiger partial charge in [-0.25, -0.2) is 9.37 Å². The molecule has 1 aliphatic rings. The summed E-state index contributed by atoms with van der Waals surface area (Å²) in [5.74, 6) is 0.129. The van der Waals surface area contributed by atoms with Crippen molar-refractivity contribution in [2.24, 2.45) is 0 Å². The Morgan fingerprint density at radius 2 is 1.88 bits per heavy atom. The molecule has 11 heteroatoms. The summed E-state index contributed by atoms with van der Waals surface area (Å²) in [6, 6.07) is 11.4. The van der Waals surface area contributed by atoms with Gasteiger partial charge in [-0.05, 0) is 37.2 Å². The number of anilines is 3. The molecule has 0 fully saturated rings. The minimum atomic E-state index is -0.371. The highest BCUT2D eigenvalue weighted by Crippen LogP contribution is 2.29. The van der Waals surface area contributed by atoms with Gasteiger partial charge in [-0.3, -0.25) is 4.98 Å². The highest BCUT2D eigenvalue weighted by molar-refractivity contribution is 7.18. The third-order valence-electron chi connectivity index (χ3n) is 5.43. The second kappa shape index (κ2) is 10.1. The Bertz CT molecular complexity index is 1260. The Labute approximate surface area is 200 Å². The molecule has 0 saturated carbocycles. The molecule has 9 nitrogen and oxygen atoms in total. The van der Waals surface area contributed by atoms with Gasteiger partial charge < -0.3 is 26.0 Å². The molecule has 0 amide bonds. The molecule has 5 rings (SSSR count). The molecule has 4 heterocycles. The fraction of sp³-hybridized carbons (Fsp3) is 0.304. The third kappa shape index (κ3) is 5.00. The summed E-state index contributed by atoms with van der Waals surface area (Å²) in [7, 11) is 1.52. The smallest absolute Gasteiger partial charge is 0.319 e. The Morgan fingerprint density at radius 1 is 1.06 bits per heavy atom. The largest absolute Gasteiger partial charge is 0.467 e. The lowest BCUT2D eigenvalue weighted by molar-refractivity contribution is 0.382. The summed E-state index contributed by atoms with van der Waals surface area (Å²) in [4.78, 5) is 18.3. The van der Waals surface area contributed by atoms with Crippen molar-refractivity contribution in [3.63, 3.8) is 0 Å². The fourth-order valence-corrected chi connectivity index (χ4v) is 4.67. The van der Waals surface area contributed by atoms with Gasteiger partial charge in [0.05, 0.1) is 41.9 Å². The van der Waals surface area contributed by atoms with Crippen LogP contribution in [-0.4, -0.2) is 46.3 Å². The van der Waals surface area contributed by atoms with Crippen molar-refractivity contribution in [3.8, 4) is 6.01 Å². The number of nitrogens with one attached hydrogen (secondary N) is 4. The number of ether oxygens (including phenoxy) is 1. The zero-order valence-electron chi connectivity index (χ0n) is 18.6. The molecular weight excluding hydrogens is 455 g/mol. The van der Waals surface area contributed by atoms with Gasteiger partial charge in [0.1, 0.15) is 11.3 Å². The Hall–Kier alpha value is -3.57. The third-order valence-corrected chi connectivity index (χ3v) is 6.44. The standard InChI is InChI=1S/C23H25FN8OS/c1-33-23-31-21(27-13-17-14(24)5-4-10-26-17)20-22(32-23)34-19(30-20)9-12-25-11-8-18-28-15-6-2-3-7-16(15)29-18/h2-7,10,18,25,28-29H,8-9,11-13H2,1H3,(H,27,31,32). The molecule has 0 saturated heterocycles. The van der Waals surface area contributed by atoms with E-state index in [0.29, 0.717) is 17.0 Å². The molecule has 1 aromatic carbocycles. The van der Waals surface area contributed by atoms with E-state index >= 15 is 0 Å². The zero-order chi connectivity index (χ0) is 23.3. The Balaban J connectivity index is 1.16. The van der Waals surface area contributed by atoms with Crippen LogP contribution in [-0.2, 0) is 13.0 Å². The lowest BCUT2D eigenvalue weighted by atomic mass is 10.3. The number of para-hydroxylation sites is 2. The van der Waals surface area contributed by atoms with Crippen LogP contribution >= 0.6 is 11.3 Å². The number of hydrogen-bond donors (Lipinski definition) is 4. The normalized spacial score (nSPS) is 12.9. The maximum atomic E-state index is 13.9. The second-order valence-electron chi connectivity index (χ2n) is 7.78. The van der Waals surface area contributed by atoms with E-state index in [9.17, 15) is 4.39 Å². The number of fused-ring (bicyclic) bond motifs is 2. The minimum Gasteiger partial charge on any atom is -0.467 e. The van der Waals surface area contributed by atoms with Crippen LogP contribution in [0.15, 0.2) is 42.6 Å². The molecule has 0 spiro atoms. The van der Waals surface area contributed by atoms with E-state index in [1.165, 1.54) is 24.5 Å². The quantitative estimate of drug-likeness (QED) is 0.253. The number of benzene rings is 1. The van der Waals surface area contributed by atoms with E-state index in [-0.39, 0.29) is 24.5 Å². The average Bonchev–Trinajstić information content (AvgIpc) is 3.46. The summed E-state index contributed by atoms with van der Waals surface area (Å²) >= 11 is 1.50. The number of hydrogen-bond acceptors (Lipinski definition) is 10. The molecule has 0 unspecified atom stereocenters. The molecule has 34 heavy (non-hydrogen) atoms. The number of nitrogens with zero attached hydrogens (tertiary/aromatic N) is 4. The van der Waals surface area contributed by atoms with E-state index in [1.54, 1.807) is 12.3 Å². The maximum Gasteiger partial charge on any atom is 0.319 e. The number of rotatable bonds is 10. The first-order valence-corrected chi connectivity index (χ1v) is 11.9.